The number of hydrogen-bond donors (Lipinski definition) is 3. The molecule has 0 aliphatic carbocycles. The third kappa shape index (κ3) is 6.92. The fourth-order valence-electron chi connectivity index (χ4n) is 3.88. The molecule has 2 heterocycles. The van der Waals surface area contributed by atoms with E-state index in [9.17, 15) is 14.4 Å². The Morgan fingerprint density at radius 2 is 1.67 bits per heavy atom. The molecule has 33 heavy (non-hydrogen) atoms. The first-order chi connectivity index (χ1) is 15.7. The van der Waals surface area contributed by atoms with E-state index in [1.807, 2.05) is 56.3 Å². The topological polar surface area (TPSA) is 104 Å². The quantitative estimate of drug-likeness (QED) is 0.656. The van der Waals surface area contributed by atoms with Crippen molar-refractivity contribution < 1.29 is 18.8 Å². The molecule has 0 spiro atoms. The van der Waals surface area contributed by atoms with E-state index < -0.39 is 18.1 Å². The first-order valence-electron chi connectivity index (χ1n) is 11.4. The molecular weight excluding hydrogens is 420 g/mol. The molecule has 2 aromatic rings. The second-order valence-electron chi connectivity index (χ2n) is 9.11. The van der Waals surface area contributed by atoms with Crippen molar-refractivity contribution in [3.8, 4) is 0 Å². The summed E-state index contributed by atoms with van der Waals surface area (Å²) in [4.78, 5) is 40.6. The van der Waals surface area contributed by atoms with Gasteiger partial charge in [-0.1, -0.05) is 44.2 Å². The average Bonchev–Trinajstić information content (AvgIpc) is 3.22. The third-order valence-electron chi connectivity index (χ3n) is 5.68. The van der Waals surface area contributed by atoms with Crippen LogP contribution in [0.5, 0.6) is 0 Å². The van der Waals surface area contributed by atoms with Crippen LogP contribution in [0.25, 0.3) is 0 Å². The summed E-state index contributed by atoms with van der Waals surface area (Å²) in [5.41, 5.74) is 1.00. The fraction of sp³-hybridized carbons (Fsp3) is 0.480. The predicted octanol–water partition coefficient (Wildman–Crippen LogP) is 1.99. The van der Waals surface area contributed by atoms with Crippen molar-refractivity contribution in [3.05, 3.63) is 59.5 Å². The van der Waals surface area contributed by atoms with Crippen LogP contribution in [0.1, 0.15) is 44.3 Å². The maximum absolute atomic E-state index is 13.1. The van der Waals surface area contributed by atoms with Gasteiger partial charge >= 0.3 is 0 Å². The molecule has 0 fully saturated rings. The molecule has 178 valence electrons. The van der Waals surface area contributed by atoms with E-state index in [2.05, 4.69) is 16.0 Å². The van der Waals surface area contributed by atoms with Crippen molar-refractivity contribution in [1.29, 1.82) is 0 Å². The normalized spacial score (nSPS) is 23.0. The Labute approximate surface area is 195 Å². The maximum Gasteiger partial charge on any atom is 0.245 e. The highest BCUT2D eigenvalue weighted by atomic mass is 16.3. The molecule has 3 rings (SSSR count). The molecule has 3 amide bonds. The largest absolute Gasteiger partial charge is 0.463 e. The standard InChI is InChI=1S/C25H34N4O4/c1-16(2)12-22-25(32)29(4)15-20-11-10-19(33-20)14-26-21(13-18-8-6-5-7-9-18)24(31)27-17(3)23(30)28-22/h5-11,16-17,21-22,26H,12-15H2,1-4H3,(H,27,31)(H,28,30)/t17-,21-,22-/m0/s1. The van der Waals surface area contributed by atoms with Gasteiger partial charge in [-0.2, -0.15) is 0 Å². The van der Waals surface area contributed by atoms with E-state index >= 15 is 0 Å². The van der Waals surface area contributed by atoms with Crippen molar-refractivity contribution in [2.24, 2.45) is 5.92 Å². The number of likely N-dealkylation sites (N-methyl/N-ethyl adjacent to an activating group) is 1. The van der Waals surface area contributed by atoms with Crippen molar-refractivity contribution in [2.45, 2.75) is 64.8 Å². The Hall–Kier alpha value is -3.13. The molecule has 3 N–H and O–H groups in total. The zero-order valence-electron chi connectivity index (χ0n) is 19.8. The molecule has 1 aliphatic heterocycles. The van der Waals surface area contributed by atoms with Gasteiger partial charge in [-0.25, -0.2) is 0 Å². The minimum atomic E-state index is -0.787. The average molecular weight is 455 g/mol. The Balaban J connectivity index is 1.86. The van der Waals surface area contributed by atoms with Crippen LogP contribution < -0.4 is 16.0 Å². The van der Waals surface area contributed by atoms with Crippen molar-refractivity contribution in [1.82, 2.24) is 20.9 Å². The lowest BCUT2D eigenvalue weighted by Crippen LogP contribution is -2.55. The van der Waals surface area contributed by atoms with E-state index in [0.29, 0.717) is 37.5 Å². The molecule has 0 saturated heterocycles. The van der Waals surface area contributed by atoms with Gasteiger partial charge in [-0.15, -0.1) is 0 Å². The zero-order valence-corrected chi connectivity index (χ0v) is 19.8. The Morgan fingerprint density at radius 1 is 0.970 bits per heavy atom. The van der Waals surface area contributed by atoms with Crippen LogP contribution in [0.4, 0.5) is 0 Å². The Bertz CT molecular complexity index is 956. The van der Waals surface area contributed by atoms with Gasteiger partial charge in [0, 0.05) is 7.05 Å². The van der Waals surface area contributed by atoms with Crippen LogP contribution in [0, 0.1) is 5.92 Å². The van der Waals surface area contributed by atoms with Gasteiger partial charge in [-0.3, -0.25) is 19.7 Å². The summed E-state index contributed by atoms with van der Waals surface area (Å²) in [6.07, 6.45) is 0.961. The third-order valence-corrected chi connectivity index (χ3v) is 5.68. The van der Waals surface area contributed by atoms with Gasteiger partial charge in [0.1, 0.15) is 23.6 Å². The summed E-state index contributed by atoms with van der Waals surface area (Å²) >= 11 is 0. The van der Waals surface area contributed by atoms with Gasteiger partial charge in [0.15, 0.2) is 0 Å². The maximum atomic E-state index is 13.1. The van der Waals surface area contributed by atoms with Gasteiger partial charge < -0.3 is 20.0 Å². The highest BCUT2D eigenvalue weighted by molar-refractivity contribution is 5.92. The van der Waals surface area contributed by atoms with Gasteiger partial charge in [0.25, 0.3) is 0 Å². The van der Waals surface area contributed by atoms with Crippen LogP contribution in [0.3, 0.4) is 0 Å². The van der Waals surface area contributed by atoms with Crippen LogP contribution in [-0.4, -0.2) is 47.8 Å². The molecule has 1 aromatic carbocycles. The van der Waals surface area contributed by atoms with E-state index in [0.717, 1.165) is 5.56 Å². The van der Waals surface area contributed by atoms with E-state index in [1.165, 1.54) is 0 Å². The zero-order chi connectivity index (χ0) is 24.0. The number of nitrogens with one attached hydrogen (secondary N) is 3. The molecule has 8 nitrogen and oxygen atoms in total. The van der Waals surface area contributed by atoms with Gasteiger partial charge in [0.2, 0.25) is 17.7 Å². The number of benzene rings is 1. The molecule has 0 unspecified atom stereocenters. The van der Waals surface area contributed by atoms with E-state index in [1.54, 1.807) is 18.9 Å². The number of furan rings is 1. The van der Waals surface area contributed by atoms with Crippen molar-refractivity contribution in [2.75, 3.05) is 7.05 Å². The molecular formula is C25H34N4O4. The first-order valence-corrected chi connectivity index (χ1v) is 11.4. The van der Waals surface area contributed by atoms with E-state index in [-0.39, 0.29) is 23.6 Å². The number of nitrogens with zero attached hydrogens (tertiary/aromatic N) is 1. The summed E-state index contributed by atoms with van der Waals surface area (Å²) < 4.78 is 5.90. The monoisotopic (exact) mass is 454 g/mol. The first kappa shape index (κ1) is 24.5. The summed E-state index contributed by atoms with van der Waals surface area (Å²) in [6.45, 7) is 6.27. The number of carbonyl (C=O) groups is 3. The molecule has 3 atom stereocenters. The number of hydrogen-bond acceptors (Lipinski definition) is 5. The summed E-state index contributed by atoms with van der Waals surface area (Å²) in [7, 11) is 1.70. The van der Waals surface area contributed by atoms with Crippen LogP contribution in [0.15, 0.2) is 46.9 Å². The van der Waals surface area contributed by atoms with Crippen molar-refractivity contribution >= 4 is 17.7 Å². The van der Waals surface area contributed by atoms with Gasteiger partial charge in [-0.05, 0) is 43.4 Å². The lowest BCUT2D eigenvalue weighted by Gasteiger charge is -2.27. The molecule has 8 heteroatoms. The molecule has 0 saturated carbocycles. The van der Waals surface area contributed by atoms with Gasteiger partial charge in [0.05, 0.1) is 19.1 Å². The minimum absolute atomic E-state index is 0.191. The Morgan fingerprint density at radius 3 is 2.36 bits per heavy atom. The lowest BCUT2D eigenvalue weighted by molar-refractivity contribution is -0.137. The highest BCUT2D eigenvalue weighted by Gasteiger charge is 2.29. The lowest BCUT2D eigenvalue weighted by atomic mass is 10.0. The molecule has 0 radical (unpaired) electrons. The van der Waals surface area contributed by atoms with E-state index in [4.69, 9.17) is 4.42 Å². The number of rotatable bonds is 4. The molecule has 1 aliphatic rings. The molecule has 1 aromatic heterocycles. The minimum Gasteiger partial charge on any atom is -0.463 e. The number of fused-ring (bicyclic) bond motifs is 2. The van der Waals surface area contributed by atoms with Crippen LogP contribution in [0.2, 0.25) is 0 Å². The summed E-state index contributed by atoms with van der Waals surface area (Å²) in [6, 6.07) is 11.4. The SMILES string of the molecule is CC(C)C[C@@H]1NC(=O)[C@H](C)NC(=O)[C@H](Cc2ccccc2)NCc2ccc(o2)CN(C)C1=O. The number of carbonyl (C=O) groups excluding carboxylic acids is 3. The second-order valence-corrected chi connectivity index (χ2v) is 9.11. The Kier molecular flexibility index (Phi) is 8.27. The van der Waals surface area contributed by atoms with Crippen LogP contribution in [-0.2, 0) is 33.9 Å². The summed E-state index contributed by atoms with van der Waals surface area (Å²) in [5.74, 6) is 0.658. The second kappa shape index (κ2) is 11.1. The highest BCUT2D eigenvalue weighted by Crippen LogP contribution is 2.14. The fourth-order valence-corrected chi connectivity index (χ4v) is 3.88. The number of amides is 3. The molecule has 2 bridgehead atoms. The van der Waals surface area contributed by atoms with Crippen LogP contribution >= 0.6 is 0 Å². The van der Waals surface area contributed by atoms with Crippen molar-refractivity contribution in [3.63, 3.8) is 0 Å². The summed E-state index contributed by atoms with van der Waals surface area (Å²) in [5, 5.41) is 8.89. The smallest absolute Gasteiger partial charge is 0.245 e. The predicted molar refractivity (Wildman–Crippen MR) is 125 cm³/mol.